The second-order valence-corrected chi connectivity index (χ2v) is 12.1. The Morgan fingerprint density at radius 3 is 2.26 bits per heavy atom. The van der Waals surface area contributed by atoms with Crippen LogP contribution < -0.4 is 15.8 Å². The van der Waals surface area contributed by atoms with Gasteiger partial charge in [0, 0.05) is 30.6 Å². The second kappa shape index (κ2) is 18.7. The van der Waals surface area contributed by atoms with E-state index in [2.05, 4.69) is 5.32 Å². The van der Waals surface area contributed by atoms with Crippen LogP contribution in [-0.4, -0.2) is 105 Å². The van der Waals surface area contributed by atoms with Crippen LogP contribution in [0.25, 0.3) is 5.76 Å². The van der Waals surface area contributed by atoms with Gasteiger partial charge in [0.2, 0.25) is 11.8 Å². The Bertz CT molecular complexity index is 1850. The van der Waals surface area contributed by atoms with Gasteiger partial charge in [-0.05, 0) is 60.5 Å². The number of carbonyl (C=O) groups excluding carboxylic acids is 6. The molecule has 0 radical (unpaired) electrons. The summed E-state index contributed by atoms with van der Waals surface area (Å²) in [4.78, 5) is 81.4. The topological polar surface area (TPSA) is 184 Å². The molecule has 1 fully saturated rings. The van der Waals surface area contributed by atoms with Crippen molar-refractivity contribution < 1.29 is 47.7 Å². The quantitative estimate of drug-likeness (QED) is 0.182. The fourth-order valence-corrected chi connectivity index (χ4v) is 5.98. The van der Waals surface area contributed by atoms with Crippen molar-refractivity contribution in [1.29, 1.82) is 0 Å². The molecule has 15 heteroatoms. The molecule has 3 aromatic carbocycles. The number of cyclic esters (lactones) is 1. The monoisotopic (exact) mass is 748 g/mol. The minimum Gasteiger partial charge on any atom is -0.497 e. The summed E-state index contributed by atoms with van der Waals surface area (Å²) in [5.74, 6) is -2.89. The highest BCUT2D eigenvalue weighted by molar-refractivity contribution is 6.03. The summed E-state index contributed by atoms with van der Waals surface area (Å²) in [6.45, 7) is -0.314. The molecular weight excluding hydrogens is 708 g/mol. The van der Waals surface area contributed by atoms with Crippen LogP contribution in [0.1, 0.15) is 43.8 Å². The SMILES string of the molecule is COC(=O)C[C@H]1C(=O)N(CC(=O)OCC=C2OC(=O)c3ccccc32)CCN1C(=O)[C@H](Cc1ccc(OC)cc1)NC(=O)c1ccc(CCN)cc1.Cl. The number of esters is 3. The first-order valence-electron chi connectivity index (χ1n) is 16.7. The number of rotatable bonds is 14. The maximum Gasteiger partial charge on any atom is 0.344 e. The van der Waals surface area contributed by atoms with E-state index in [1.165, 1.54) is 23.0 Å². The zero-order valence-corrected chi connectivity index (χ0v) is 30.1. The number of nitrogens with zero attached hydrogens (tertiary/aromatic N) is 2. The molecule has 0 aromatic heterocycles. The van der Waals surface area contributed by atoms with Gasteiger partial charge in [-0.15, -0.1) is 12.4 Å². The summed E-state index contributed by atoms with van der Waals surface area (Å²) >= 11 is 0. The molecule has 2 heterocycles. The highest BCUT2D eigenvalue weighted by Gasteiger charge is 2.42. The van der Waals surface area contributed by atoms with Gasteiger partial charge in [-0.3, -0.25) is 24.0 Å². The van der Waals surface area contributed by atoms with E-state index >= 15 is 0 Å². The van der Waals surface area contributed by atoms with E-state index in [4.69, 9.17) is 24.7 Å². The molecule has 14 nitrogen and oxygen atoms in total. The maximum absolute atomic E-state index is 14.3. The number of fused-ring (bicyclic) bond motifs is 1. The van der Waals surface area contributed by atoms with E-state index in [0.717, 1.165) is 12.7 Å². The molecule has 0 spiro atoms. The summed E-state index contributed by atoms with van der Waals surface area (Å²) in [5, 5.41) is 2.82. The molecule has 2 aliphatic rings. The predicted octanol–water partition coefficient (Wildman–Crippen LogP) is 2.32. The van der Waals surface area contributed by atoms with Crippen molar-refractivity contribution in [3.8, 4) is 5.75 Å². The van der Waals surface area contributed by atoms with Crippen molar-refractivity contribution in [3.63, 3.8) is 0 Å². The molecule has 2 aliphatic heterocycles. The minimum atomic E-state index is -1.32. The van der Waals surface area contributed by atoms with Gasteiger partial charge in [0.1, 0.15) is 36.7 Å². The van der Waals surface area contributed by atoms with Gasteiger partial charge >= 0.3 is 17.9 Å². The molecule has 3 N–H and O–H groups in total. The predicted molar refractivity (Wildman–Crippen MR) is 194 cm³/mol. The van der Waals surface area contributed by atoms with Gasteiger partial charge < -0.3 is 39.8 Å². The Morgan fingerprint density at radius 2 is 1.60 bits per heavy atom. The number of piperazine rings is 1. The van der Waals surface area contributed by atoms with E-state index < -0.39 is 60.7 Å². The lowest BCUT2D eigenvalue weighted by molar-refractivity contribution is -0.160. The summed E-state index contributed by atoms with van der Waals surface area (Å²) in [7, 11) is 2.69. The third-order valence-electron chi connectivity index (χ3n) is 8.75. The summed E-state index contributed by atoms with van der Waals surface area (Å²) in [6, 6.07) is 18.2. The van der Waals surface area contributed by atoms with E-state index in [9.17, 15) is 28.8 Å². The van der Waals surface area contributed by atoms with Gasteiger partial charge in [0.25, 0.3) is 5.91 Å². The molecule has 53 heavy (non-hydrogen) atoms. The van der Waals surface area contributed by atoms with Crippen LogP contribution >= 0.6 is 12.4 Å². The fraction of sp³-hybridized carbons (Fsp3) is 0.316. The maximum atomic E-state index is 14.3. The number of amides is 3. The zero-order valence-electron chi connectivity index (χ0n) is 29.3. The molecule has 280 valence electrons. The molecule has 5 rings (SSSR count). The van der Waals surface area contributed by atoms with Crippen molar-refractivity contribution >= 4 is 53.8 Å². The number of ether oxygens (including phenoxy) is 4. The van der Waals surface area contributed by atoms with Crippen LogP contribution in [0.4, 0.5) is 0 Å². The first-order valence-corrected chi connectivity index (χ1v) is 16.7. The molecule has 0 bridgehead atoms. The van der Waals surface area contributed by atoms with E-state index in [1.807, 2.05) is 0 Å². The van der Waals surface area contributed by atoms with Crippen LogP contribution in [0, 0.1) is 0 Å². The van der Waals surface area contributed by atoms with Crippen molar-refractivity contribution in [2.75, 3.05) is 47.0 Å². The Balaban J connectivity index is 0.00000627. The van der Waals surface area contributed by atoms with E-state index in [-0.39, 0.29) is 44.3 Å². The lowest BCUT2D eigenvalue weighted by Gasteiger charge is -2.41. The second-order valence-electron chi connectivity index (χ2n) is 12.1. The van der Waals surface area contributed by atoms with E-state index in [1.54, 1.807) is 72.8 Å². The van der Waals surface area contributed by atoms with Gasteiger partial charge in [0.15, 0.2) is 0 Å². The molecule has 1 saturated heterocycles. The van der Waals surface area contributed by atoms with Crippen molar-refractivity contribution in [2.45, 2.75) is 31.3 Å². The largest absolute Gasteiger partial charge is 0.497 e. The summed E-state index contributed by atoms with van der Waals surface area (Å²) in [6.07, 6.45) is 1.69. The highest BCUT2D eigenvalue weighted by atomic mass is 35.5. The molecule has 2 atom stereocenters. The fourth-order valence-electron chi connectivity index (χ4n) is 5.98. The van der Waals surface area contributed by atoms with Crippen LogP contribution in [0.15, 0.2) is 78.9 Å². The van der Waals surface area contributed by atoms with Crippen LogP contribution in [0.2, 0.25) is 0 Å². The first kappa shape index (κ1) is 40.0. The molecule has 3 amide bonds. The van der Waals surface area contributed by atoms with Gasteiger partial charge in [0.05, 0.1) is 26.2 Å². The van der Waals surface area contributed by atoms with Crippen molar-refractivity contribution in [3.05, 3.63) is 107 Å². The van der Waals surface area contributed by atoms with Crippen LogP contribution in [0.3, 0.4) is 0 Å². The van der Waals surface area contributed by atoms with Crippen LogP contribution in [0.5, 0.6) is 5.75 Å². The average molecular weight is 749 g/mol. The van der Waals surface area contributed by atoms with Gasteiger partial charge in [-0.1, -0.05) is 42.5 Å². The van der Waals surface area contributed by atoms with E-state index in [0.29, 0.717) is 41.0 Å². The molecular formula is C38H41ClN4O10. The smallest absolute Gasteiger partial charge is 0.344 e. The summed E-state index contributed by atoms with van der Waals surface area (Å²) in [5.41, 5.74) is 8.61. The Kier molecular flexibility index (Phi) is 14.1. The number of nitrogens with two attached hydrogens (primary N) is 1. The van der Waals surface area contributed by atoms with Gasteiger partial charge in [-0.25, -0.2) is 4.79 Å². The first-order chi connectivity index (χ1) is 25.1. The normalized spacial score (nSPS) is 16.2. The Morgan fingerprint density at radius 1 is 0.925 bits per heavy atom. The molecule has 3 aromatic rings. The number of benzene rings is 3. The van der Waals surface area contributed by atoms with Crippen molar-refractivity contribution in [1.82, 2.24) is 15.1 Å². The third kappa shape index (κ3) is 9.99. The number of nitrogens with one attached hydrogen (secondary N) is 1. The third-order valence-corrected chi connectivity index (χ3v) is 8.75. The lowest BCUT2D eigenvalue weighted by Crippen LogP contribution is -2.63. The number of hydrogen-bond donors (Lipinski definition) is 2. The number of methoxy groups -OCH3 is 2. The van der Waals surface area contributed by atoms with Crippen molar-refractivity contribution in [2.24, 2.45) is 5.73 Å². The highest BCUT2D eigenvalue weighted by Crippen LogP contribution is 2.29. The minimum absolute atomic E-state index is 0. The molecule has 0 aliphatic carbocycles. The van der Waals surface area contributed by atoms with Gasteiger partial charge in [-0.2, -0.15) is 0 Å². The number of hydrogen-bond acceptors (Lipinski definition) is 11. The Labute approximate surface area is 312 Å². The lowest BCUT2D eigenvalue weighted by atomic mass is 10.0. The summed E-state index contributed by atoms with van der Waals surface area (Å²) < 4.78 is 20.6. The Hall–Kier alpha value is -5.73. The zero-order chi connectivity index (χ0) is 37.2. The number of carbonyl (C=O) groups is 6. The molecule has 0 unspecified atom stereocenters. The average Bonchev–Trinajstić information content (AvgIpc) is 3.48. The number of halogens is 1. The molecule has 0 saturated carbocycles. The standard InChI is InChI=1S/C38H40N4O10.ClH/c1-49-27-13-9-25(10-14-27)21-30(40-35(45)26-11-7-24(8-12-26)15-17-39)36(46)42-19-18-41(37(47)31(42)22-33(43)50-2)23-34(44)51-20-16-32-28-5-3-4-6-29(28)38(48)52-32;/h3-14,16,30-31H,15,17-23,39H2,1-2H3,(H,40,45);1H/t30-,31-;/m0./s1. The van der Waals surface area contributed by atoms with Crippen LogP contribution in [-0.2, 0) is 46.2 Å².